The molecule has 24 heavy (non-hydrogen) atoms. The minimum Gasteiger partial charge on any atom is -0.354 e. The van der Waals surface area contributed by atoms with Gasteiger partial charge in [-0.3, -0.25) is 4.99 Å². The van der Waals surface area contributed by atoms with Crippen molar-refractivity contribution in [2.75, 3.05) is 31.1 Å². The van der Waals surface area contributed by atoms with Crippen LogP contribution in [0, 0.1) is 17.8 Å². The van der Waals surface area contributed by atoms with E-state index in [0.717, 1.165) is 37.8 Å². The topological polar surface area (TPSA) is 61.8 Å². The third kappa shape index (κ3) is 6.35. The first kappa shape index (κ1) is 22.0. The van der Waals surface area contributed by atoms with Gasteiger partial charge >= 0.3 is 0 Å². The van der Waals surface area contributed by atoms with Gasteiger partial charge in [0.15, 0.2) is 15.8 Å². The monoisotopic (exact) mass is 471 g/mol. The molecule has 4 atom stereocenters. The summed E-state index contributed by atoms with van der Waals surface area (Å²) < 4.78 is 23.2. The number of nitrogens with zero attached hydrogens (tertiary/aromatic N) is 2. The second kappa shape index (κ2) is 9.59. The zero-order chi connectivity index (χ0) is 17.0. The fourth-order valence-electron chi connectivity index (χ4n) is 3.25. The molecule has 142 valence electrons. The molecule has 0 amide bonds. The molecule has 0 aromatic heterocycles. The Labute approximate surface area is 165 Å². The van der Waals surface area contributed by atoms with E-state index >= 15 is 0 Å². The van der Waals surface area contributed by atoms with Crippen molar-refractivity contribution < 1.29 is 8.42 Å². The van der Waals surface area contributed by atoms with Crippen molar-refractivity contribution >= 4 is 39.8 Å². The highest BCUT2D eigenvalue weighted by atomic mass is 127. The van der Waals surface area contributed by atoms with Crippen LogP contribution in [-0.4, -0.2) is 56.5 Å². The van der Waals surface area contributed by atoms with Crippen molar-refractivity contribution in [3.63, 3.8) is 0 Å². The number of piperidine rings is 1. The summed E-state index contributed by atoms with van der Waals surface area (Å²) >= 11 is 0. The van der Waals surface area contributed by atoms with E-state index in [-0.39, 0.29) is 29.9 Å². The van der Waals surface area contributed by atoms with Gasteiger partial charge in [-0.05, 0) is 43.9 Å². The Morgan fingerprint density at radius 2 is 2.00 bits per heavy atom. The van der Waals surface area contributed by atoms with Gasteiger partial charge < -0.3 is 10.2 Å². The van der Waals surface area contributed by atoms with Crippen molar-refractivity contribution in [2.24, 2.45) is 22.7 Å². The summed E-state index contributed by atoms with van der Waals surface area (Å²) in [7, 11) is -2.82. The van der Waals surface area contributed by atoms with Gasteiger partial charge in [0.25, 0.3) is 0 Å². The number of sulfone groups is 1. The smallest absolute Gasteiger partial charge is 0.194 e. The van der Waals surface area contributed by atoms with Crippen molar-refractivity contribution in [1.82, 2.24) is 10.2 Å². The van der Waals surface area contributed by atoms with Crippen LogP contribution in [0.1, 0.15) is 47.0 Å². The second-order valence-electron chi connectivity index (χ2n) is 7.58. The predicted molar refractivity (Wildman–Crippen MR) is 112 cm³/mol. The zero-order valence-corrected chi connectivity index (χ0v) is 18.6. The van der Waals surface area contributed by atoms with Crippen LogP contribution in [-0.2, 0) is 9.84 Å². The van der Waals surface area contributed by atoms with Crippen LogP contribution in [0.15, 0.2) is 4.99 Å². The number of likely N-dealkylation sites (tertiary alicyclic amines) is 1. The summed E-state index contributed by atoms with van der Waals surface area (Å²) in [6.07, 6.45) is 3.01. The SMILES string of the molecule is CCC(C)NC(=NCC1CCS(=O)(=O)C1)N1CCC(C)C(C)C1.I. The lowest BCUT2D eigenvalue weighted by molar-refractivity contribution is 0.198. The Kier molecular flexibility index (Phi) is 8.79. The van der Waals surface area contributed by atoms with Gasteiger partial charge in [0, 0.05) is 25.7 Å². The molecule has 0 aliphatic carbocycles. The van der Waals surface area contributed by atoms with Gasteiger partial charge in [0.1, 0.15) is 0 Å². The minimum atomic E-state index is -2.82. The quantitative estimate of drug-likeness (QED) is 0.389. The maximum absolute atomic E-state index is 11.6. The van der Waals surface area contributed by atoms with Gasteiger partial charge in [-0.2, -0.15) is 0 Å². The standard InChI is InChI=1S/C17H33N3O2S.HI/c1-5-15(4)19-17(20-8-6-13(2)14(3)11-20)18-10-16-7-9-23(21,22)12-16;/h13-16H,5-12H2,1-4H3,(H,18,19);1H. The van der Waals surface area contributed by atoms with Gasteiger partial charge in [0.2, 0.25) is 0 Å². The van der Waals surface area contributed by atoms with E-state index in [0.29, 0.717) is 30.0 Å². The van der Waals surface area contributed by atoms with E-state index in [1.807, 2.05) is 0 Å². The fourth-order valence-corrected chi connectivity index (χ4v) is 5.10. The van der Waals surface area contributed by atoms with Crippen LogP contribution in [0.2, 0.25) is 0 Å². The molecule has 0 aromatic carbocycles. The van der Waals surface area contributed by atoms with Gasteiger partial charge in [-0.1, -0.05) is 20.8 Å². The molecule has 2 heterocycles. The van der Waals surface area contributed by atoms with Crippen molar-refractivity contribution in [3.05, 3.63) is 0 Å². The van der Waals surface area contributed by atoms with Crippen LogP contribution in [0.5, 0.6) is 0 Å². The molecule has 2 aliphatic heterocycles. The highest BCUT2D eigenvalue weighted by Crippen LogP contribution is 2.23. The molecule has 7 heteroatoms. The van der Waals surface area contributed by atoms with E-state index in [1.165, 1.54) is 6.42 Å². The molecule has 0 saturated carbocycles. The third-order valence-electron chi connectivity index (χ3n) is 5.45. The fraction of sp³-hybridized carbons (Fsp3) is 0.941. The molecule has 2 fully saturated rings. The lowest BCUT2D eigenvalue weighted by Crippen LogP contribution is -2.50. The maximum atomic E-state index is 11.6. The molecule has 0 radical (unpaired) electrons. The molecule has 0 aromatic rings. The summed E-state index contributed by atoms with van der Waals surface area (Å²) in [6, 6.07) is 0.385. The zero-order valence-electron chi connectivity index (χ0n) is 15.5. The Morgan fingerprint density at radius 3 is 2.54 bits per heavy atom. The molecule has 1 N–H and O–H groups in total. The number of hydrogen-bond donors (Lipinski definition) is 1. The first-order valence-electron chi connectivity index (χ1n) is 9.07. The minimum absolute atomic E-state index is 0. The largest absolute Gasteiger partial charge is 0.354 e. The van der Waals surface area contributed by atoms with Crippen LogP contribution in [0.4, 0.5) is 0 Å². The highest BCUT2D eigenvalue weighted by Gasteiger charge is 2.29. The summed E-state index contributed by atoms with van der Waals surface area (Å²) in [6.45, 7) is 11.7. The van der Waals surface area contributed by atoms with E-state index in [2.05, 4.69) is 37.9 Å². The van der Waals surface area contributed by atoms with Crippen molar-refractivity contribution in [2.45, 2.75) is 53.0 Å². The number of hydrogen-bond acceptors (Lipinski definition) is 3. The summed E-state index contributed by atoms with van der Waals surface area (Å²) in [4.78, 5) is 7.17. The van der Waals surface area contributed by atoms with E-state index in [4.69, 9.17) is 4.99 Å². The Morgan fingerprint density at radius 1 is 1.29 bits per heavy atom. The molecule has 2 aliphatic rings. The van der Waals surface area contributed by atoms with Crippen LogP contribution < -0.4 is 5.32 Å². The molecule has 2 saturated heterocycles. The second-order valence-corrected chi connectivity index (χ2v) is 9.80. The van der Waals surface area contributed by atoms with Crippen LogP contribution in [0.25, 0.3) is 0 Å². The lowest BCUT2D eigenvalue weighted by Gasteiger charge is -2.38. The maximum Gasteiger partial charge on any atom is 0.194 e. The van der Waals surface area contributed by atoms with Crippen LogP contribution >= 0.6 is 24.0 Å². The number of nitrogens with one attached hydrogen (secondary N) is 1. The van der Waals surface area contributed by atoms with Gasteiger partial charge in [-0.15, -0.1) is 24.0 Å². The summed E-state index contributed by atoms with van der Waals surface area (Å²) in [5.74, 6) is 3.23. The number of aliphatic imine (C=N–C) groups is 1. The number of guanidine groups is 1. The summed E-state index contributed by atoms with van der Waals surface area (Å²) in [5, 5.41) is 3.54. The molecular formula is C17H34IN3O2S. The number of halogens is 1. The van der Waals surface area contributed by atoms with Gasteiger partial charge in [-0.25, -0.2) is 8.42 Å². The normalized spacial score (nSPS) is 31.4. The molecule has 0 bridgehead atoms. The predicted octanol–water partition coefficient (Wildman–Crippen LogP) is 2.76. The molecule has 5 nitrogen and oxygen atoms in total. The lowest BCUT2D eigenvalue weighted by atomic mass is 9.89. The molecular weight excluding hydrogens is 437 g/mol. The van der Waals surface area contributed by atoms with Crippen molar-refractivity contribution in [3.8, 4) is 0 Å². The Hall–Kier alpha value is -0.0500. The van der Waals surface area contributed by atoms with Gasteiger partial charge in [0.05, 0.1) is 11.5 Å². The molecule has 2 rings (SSSR count). The average Bonchev–Trinajstić information content (AvgIpc) is 2.85. The van der Waals surface area contributed by atoms with Crippen molar-refractivity contribution in [1.29, 1.82) is 0 Å². The van der Waals surface area contributed by atoms with Crippen LogP contribution in [0.3, 0.4) is 0 Å². The van der Waals surface area contributed by atoms with E-state index < -0.39 is 9.84 Å². The third-order valence-corrected chi connectivity index (χ3v) is 7.28. The summed E-state index contributed by atoms with van der Waals surface area (Å²) in [5.41, 5.74) is 0. The number of rotatable bonds is 4. The first-order valence-corrected chi connectivity index (χ1v) is 10.9. The van der Waals surface area contributed by atoms with E-state index in [9.17, 15) is 8.42 Å². The molecule has 0 spiro atoms. The first-order chi connectivity index (χ1) is 10.8. The highest BCUT2D eigenvalue weighted by molar-refractivity contribution is 14.0. The Balaban J connectivity index is 0.00000288. The van der Waals surface area contributed by atoms with E-state index in [1.54, 1.807) is 0 Å². The average molecular weight is 471 g/mol. The molecule has 4 unspecified atom stereocenters. The Bertz CT molecular complexity index is 524.